The Morgan fingerprint density at radius 1 is 1.29 bits per heavy atom. The molecule has 0 aliphatic heterocycles. The van der Waals surface area contributed by atoms with Gasteiger partial charge in [-0.05, 0) is 37.0 Å². The first-order valence-electron chi connectivity index (χ1n) is 7.47. The van der Waals surface area contributed by atoms with E-state index in [4.69, 9.17) is 10.5 Å². The Kier molecular flexibility index (Phi) is 7.16. The van der Waals surface area contributed by atoms with Crippen molar-refractivity contribution in [3.63, 3.8) is 0 Å². The third-order valence-corrected chi connectivity index (χ3v) is 3.05. The highest BCUT2D eigenvalue weighted by atomic mass is 19.1. The molecule has 24 heavy (non-hydrogen) atoms. The van der Waals surface area contributed by atoms with Crippen LogP contribution in [0.3, 0.4) is 0 Å². The molecular weight excluding hydrogens is 317 g/mol. The highest BCUT2D eigenvalue weighted by Gasteiger charge is 2.23. The molecule has 0 aromatic heterocycles. The number of hydrogen-bond acceptors (Lipinski definition) is 4. The fourth-order valence-electron chi connectivity index (χ4n) is 2.00. The summed E-state index contributed by atoms with van der Waals surface area (Å²) >= 11 is 0. The lowest BCUT2D eigenvalue weighted by molar-refractivity contribution is -0.149. The molecule has 0 heterocycles. The zero-order valence-corrected chi connectivity index (χ0v) is 13.9. The molecule has 0 spiro atoms. The molecule has 3 amide bonds. The predicted octanol–water partition coefficient (Wildman–Crippen LogP) is 1.70. The van der Waals surface area contributed by atoms with Crippen LogP contribution in [-0.2, 0) is 14.3 Å². The van der Waals surface area contributed by atoms with E-state index < -0.39 is 36.4 Å². The molecule has 1 aromatic rings. The zero-order valence-electron chi connectivity index (χ0n) is 13.9. The standard InChI is InChI=1S/C16H22FN3O4/c1-9(2)6-13(20-16(18)23)15(22)24-8-14(21)19-12-5-4-10(3)7-11(12)17/h4-5,7,9,13H,6,8H2,1-3H3,(H,19,21)(H3,18,20,23)/t13-/m1/s1. The van der Waals surface area contributed by atoms with Gasteiger partial charge in [-0.2, -0.15) is 0 Å². The van der Waals surface area contributed by atoms with Crippen LogP contribution in [-0.4, -0.2) is 30.6 Å². The predicted molar refractivity (Wildman–Crippen MR) is 86.7 cm³/mol. The third-order valence-electron chi connectivity index (χ3n) is 3.05. The summed E-state index contributed by atoms with van der Waals surface area (Å²) in [5.74, 6) is -1.94. The summed E-state index contributed by atoms with van der Waals surface area (Å²) < 4.78 is 18.5. The van der Waals surface area contributed by atoms with Crippen LogP contribution in [0.1, 0.15) is 25.8 Å². The largest absolute Gasteiger partial charge is 0.454 e. The number of benzene rings is 1. The van der Waals surface area contributed by atoms with E-state index in [1.165, 1.54) is 12.1 Å². The molecule has 1 rings (SSSR count). The average Bonchev–Trinajstić information content (AvgIpc) is 2.46. The number of ether oxygens (including phenoxy) is 1. The van der Waals surface area contributed by atoms with Gasteiger partial charge < -0.3 is 21.1 Å². The Morgan fingerprint density at radius 3 is 2.50 bits per heavy atom. The Bertz CT molecular complexity index is 619. The number of amides is 3. The fourth-order valence-corrected chi connectivity index (χ4v) is 2.00. The van der Waals surface area contributed by atoms with Crippen molar-refractivity contribution < 1.29 is 23.5 Å². The number of halogens is 1. The maximum Gasteiger partial charge on any atom is 0.329 e. The monoisotopic (exact) mass is 339 g/mol. The molecule has 0 aliphatic rings. The van der Waals surface area contributed by atoms with E-state index in [-0.39, 0.29) is 11.6 Å². The van der Waals surface area contributed by atoms with E-state index in [1.807, 2.05) is 13.8 Å². The number of carbonyl (C=O) groups is 3. The van der Waals surface area contributed by atoms with Crippen LogP contribution in [0.4, 0.5) is 14.9 Å². The maximum atomic E-state index is 13.6. The van der Waals surface area contributed by atoms with Gasteiger partial charge in [-0.3, -0.25) is 4.79 Å². The van der Waals surface area contributed by atoms with Gasteiger partial charge in [0.05, 0.1) is 5.69 Å². The van der Waals surface area contributed by atoms with Crippen LogP contribution in [0.2, 0.25) is 0 Å². The smallest absolute Gasteiger partial charge is 0.329 e. The normalized spacial score (nSPS) is 11.7. The first kappa shape index (κ1) is 19.4. The molecule has 0 unspecified atom stereocenters. The second kappa shape index (κ2) is 8.85. The van der Waals surface area contributed by atoms with Gasteiger partial charge in [0.25, 0.3) is 5.91 Å². The van der Waals surface area contributed by atoms with Gasteiger partial charge in [-0.15, -0.1) is 0 Å². The first-order chi connectivity index (χ1) is 11.2. The molecule has 7 nitrogen and oxygen atoms in total. The van der Waals surface area contributed by atoms with E-state index in [0.717, 1.165) is 0 Å². The second-order valence-electron chi connectivity index (χ2n) is 5.83. The van der Waals surface area contributed by atoms with Gasteiger partial charge in [0, 0.05) is 0 Å². The highest BCUT2D eigenvalue weighted by Crippen LogP contribution is 2.15. The Hall–Kier alpha value is -2.64. The van der Waals surface area contributed by atoms with Crippen LogP contribution < -0.4 is 16.4 Å². The lowest BCUT2D eigenvalue weighted by atomic mass is 10.0. The number of urea groups is 1. The SMILES string of the molecule is Cc1ccc(NC(=O)COC(=O)[C@@H](CC(C)C)NC(N)=O)c(F)c1. The Balaban J connectivity index is 2.57. The molecule has 8 heteroatoms. The van der Waals surface area contributed by atoms with Gasteiger partial charge >= 0.3 is 12.0 Å². The fraction of sp³-hybridized carbons (Fsp3) is 0.438. The van der Waals surface area contributed by atoms with Crippen molar-refractivity contribution in [2.75, 3.05) is 11.9 Å². The summed E-state index contributed by atoms with van der Waals surface area (Å²) in [5.41, 5.74) is 5.72. The molecule has 4 N–H and O–H groups in total. The van der Waals surface area contributed by atoms with Gasteiger partial charge in [0.1, 0.15) is 11.9 Å². The van der Waals surface area contributed by atoms with E-state index in [2.05, 4.69) is 10.6 Å². The minimum atomic E-state index is -0.939. The molecule has 132 valence electrons. The molecule has 0 aliphatic carbocycles. The molecule has 0 saturated heterocycles. The molecule has 0 saturated carbocycles. The van der Waals surface area contributed by atoms with E-state index in [9.17, 15) is 18.8 Å². The minimum Gasteiger partial charge on any atom is -0.454 e. The van der Waals surface area contributed by atoms with Crippen molar-refractivity contribution in [2.24, 2.45) is 11.7 Å². The van der Waals surface area contributed by atoms with Crippen molar-refractivity contribution in [3.05, 3.63) is 29.6 Å². The van der Waals surface area contributed by atoms with Gasteiger partial charge in [0.15, 0.2) is 6.61 Å². The van der Waals surface area contributed by atoms with Crippen LogP contribution in [0, 0.1) is 18.7 Å². The van der Waals surface area contributed by atoms with Crippen LogP contribution in [0.25, 0.3) is 0 Å². The third kappa shape index (κ3) is 6.64. The molecular formula is C16H22FN3O4. The molecule has 0 radical (unpaired) electrons. The molecule has 1 aromatic carbocycles. The topological polar surface area (TPSA) is 111 Å². The van der Waals surface area contributed by atoms with E-state index in [0.29, 0.717) is 12.0 Å². The Labute approximate surface area is 139 Å². The van der Waals surface area contributed by atoms with Crippen molar-refractivity contribution in [3.8, 4) is 0 Å². The average molecular weight is 339 g/mol. The van der Waals surface area contributed by atoms with E-state index in [1.54, 1.807) is 13.0 Å². The van der Waals surface area contributed by atoms with Crippen molar-refractivity contribution in [1.29, 1.82) is 0 Å². The molecule has 1 atom stereocenters. The lowest BCUT2D eigenvalue weighted by Crippen LogP contribution is -2.45. The first-order valence-corrected chi connectivity index (χ1v) is 7.47. The number of nitrogens with one attached hydrogen (secondary N) is 2. The number of hydrogen-bond donors (Lipinski definition) is 3. The van der Waals surface area contributed by atoms with Gasteiger partial charge in [-0.1, -0.05) is 19.9 Å². The number of nitrogens with two attached hydrogens (primary N) is 1. The van der Waals surface area contributed by atoms with Crippen molar-refractivity contribution >= 4 is 23.6 Å². The van der Waals surface area contributed by atoms with Gasteiger partial charge in [-0.25, -0.2) is 14.0 Å². The minimum absolute atomic E-state index is 0.00404. The number of anilines is 1. The quantitative estimate of drug-likeness (QED) is 0.657. The maximum absolute atomic E-state index is 13.6. The number of aryl methyl sites for hydroxylation is 1. The lowest BCUT2D eigenvalue weighted by Gasteiger charge is -2.18. The summed E-state index contributed by atoms with van der Waals surface area (Å²) in [5, 5.41) is 4.58. The summed E-state index contributed by atoms with van der Waals surface area (Å²) in [6.07, 6.45) is 0.315. The number of rotatable bonds is 7. The summed E-state index contributed by atoms with van der Waals surface area (Å²) in [6, 6.07) is 2.54. The van der Waals surface area contributed by atoms with Gasteiger partial charge in [0.2, 0.25) is 0 Å². The number of esters is 1. The summed E-state index contributed by atoms with van der Waals surface area (Å²) in [7, 11) is 0. The Morgan fingerprint density at radius 2 is 1.96 bits per heavy atom. The van der Waals surface area contributed by atoms with Crippen LogP contribution in [0.5, 0.6) is 0 Å². The molecule has 0 fully saturated rings. The number of carbonyl (C=O) groups excluding carboxylic acids is 3. The van der Waals surface area contributed by atoms with Crippen LogP contribution >= 0.6 is 0 Å². The van der Waals surface area contributed by atoms with Crippen LogP contribution in [0.15, 0.2) is 18.2 Å². The van der Waals surface area contributed by atoms with E-state index >= 15 is 0 Å². The second-order valence-corrected chi connectivity index (χ2v) is 5.83. The highest BCUT2D eigenvalue weighted by molar-refractivity contribution is 5.93. The summed E-state index contributed by atoms with van der Waals surface area (Å²) in [6.45, 7) is 4.84. The van der Waals surface area contributed by atoms with Crippen molar-refractivity contribution in [2.45, 2.75) is 33.2 Å². The molecule has 0 bridgehead atoms. The number of primary amides is 1. The van der Waals surface area contributed by atoms with Crippen molar-refractivity contribution in [1.82, 2.24) is 5.32 Å². The zero-order chi connectivity index (χ0) is 18.3. The summed E-state index contributed by atoms with van der Waals surface area (Å²) in [4.78, 5) is 34.6.